The van der Waals surface area contributed by atoms with Crippen molar-refractivity contribution in [3.63, 3.8) is 0 Å². The molecule has 120 valence electrons. The summed E-state index contributed by atoms with van der Waals surface area (Å²) in [5.41, 5.74) is 2.37. The molecule has 0 amide bonds. The van der Waals surface area contributed by atoms with E-state index in [4.69, 9.17) is 9.47 Å². The third-order valence-corrected chi connectivity index (χ3v) is 4.31. The van der Waals surface area contributed by atoms with Gasteiger partial charge < -0.3 is 19.9 Å². The Kier molecular flexibility index (Phi) is 5.35. The third-order valence-electron chi connectivity index (χ3n) is 4.31. The van der Waals surface area contributed by atoms with Gasteiger partial charge in [0.25, 0.3) is 0 Å². The first-order valence-electron chi connectivity index (χ1n) is 8.25. The van der Waals surface area contributed by atoms with Crippen molar-refractivity contribution in [3.8, 4) is 5.75 Å². The average molecular weight is 303 g/mol. The SMILES string of the molecule is OC1CCCCC1Oc1ccc(NCC2=CCCOC2)cc1. The number of hydrogen-bond donors (Lipinski definition) is 2. The molecule has 1 fully saturated rings. The normalized spacial score (nSPS) is 25.4. The van der Waals surface area contributed by atoms with Crippen molar-refractivity contribution in [1.82, 2.24) is 0 Å². The van der Waals surface area contributed by atoms with Crippen LogP contribution in [0.4, 0.5) is 5.69 Å². The zero-order valence-corrected chi connectivity index (χ0v) is 13.0. The highest BCUT2D eigenvalue weighted by molar-refractivity contribution is 5.47. The molecule has 3 rings (SSSR count). The van der Waals surface area contributed by atoms with Crippen molar-refractivity contribution in [3.05, 3.63) is 35.9 Å². The number of nitrogens with one attached hydrogen (secondary N) is 1. The van der Waals surface area contributed by atoms with E-state index in [2.05, 4.69) is 11.4 Å². The second-order valence-corrected chi connectivity index (χ2v) is 6.09. The van der Waals surface area contributed by atoms with Crippen LogP contribution < -0.4 is 10.1 Å². The van der Waals surface area contributed by atoms with E-state index in [0.717, 1.165) is 63.3 Å². The van der Waals surface area contributed by atoms with Crippen LogP contribution in [0.5, 0.6) is 5.75 Å². The number of benzene rings is 1. The fourth-order valence-corrected chi connectivity index (χ4v) is 2.99. The Morgan fingerprint density at radius 1 is 1.18 bits per heavy atom. The smallest absolute Gasteiger partial charge is 0.124 e. The van der Waals surface area contributed by atoms with E-state index in [1.165, 1.54) is 5.57 Å². The predicted octanol–water partition coefficient (Wildman–Crippen LogP) is 3.13. The van der Waals surface area contributed by atoms with Crippen LogP contribution in [0.25, 0.3) is 0 Å². The van der Waals surface area contributed by atoms with Gasteiger partial charge in [-0.25, -0.2) is 0 Å². The molecule has 2 aliphatic rings. The van der Waals surface area contributed by atoms with Gasteiger partial charge in [-0.05, 0) is 55.5 Å². The Morgan fingerprint density at radius 2 is 2.00 bits per heavy atom. The summed E-state index contributed by atoms with van der Waals surface area (Å²) in [6.07, 6.45) is 6.90. The molecule has 4 heteroatoms. The number of hydrogen-bond acceptors (Lipinski definition) is 4. The molecule has 1 aromatic rings. The Hall–Kier alpha value is -1.52. The van der Waals surface area contributed by atoms with Gasteiger partial charge in [-0.2, -0.15) is 0 Å². The molecule has 1 aliphatic heterocycles. The molecule has 0 radical (unpaired) electrons. The number of anilines is 1. The topological polar surface area (TPSA) is 50.7 Å². The maximum absolute atomic E-state index is 9.96. The minimum absolute atomic E-state index is 0.0582. The van der Waals surface area contributed by atoms with Gasteiger partial charge in [0, 0.05) is 12.2 Å². The Morgan fingerprint density at radius 3 is 2.73 bits per heavy atom. The molecule has 1 saturated carbocycles. The lowest BCUT2D eigenvalue weighted by Crippen LogP contribution is -2.34. The molecule has 1 aromatic carbocycles. The molecule has 1 heterocycles. The summed E-state index contributed by atoms with van der Waals surface area (Å²) >= 11 is 0. The van der Waals surface area contributed by atoms with E-state index in [9.17, 15) is 5.11 Å². The minimum atomic E-state index is -0.329. The van der Waals surface area contributed by atoms with E-state index in [-0.39, 0.29) is 12.2 Å². The molecule has 2 N–H and O–H groups in total. The number of aliphatic hydroxyl groups excluding tert-OH is 1. The monoisotopic (exact) mass is 303 g/mol. The van der Waals surface area contributed by atoms with Crippen LogP contribution >= 0.6 is 0 Å². The van der Waals surface area contributed by atoms with Crippen molar-refractivity contribution < 1.29 is 14.6 Å². The highest BCUT2D eigenvalue weighted by atomic mass is 16.5. The van der Waals surface area contributed by atoms with Gasteiger partial charge in [0.2, 0.25) is 0 Å². The Labute approximate surface area is 132 Å². The Bertz CT molecular complexity index is 498. The van der Waals surface area contributed by atoms with Crippen molar-refractivity contribution in [2.75, 3.05) is 25.1 Å². The van der Waals surface area contributed by atoms with Crippen molar-refractivity contribution >= 4 is 5.69 Å². The number of aliphatic hydroxyl groups is 1. The zero-order chi connectivity index (χ0) is 15.2. The zero-order valence-electron chi connectivity index (χ0n) is 13.0. The quantitative estimate of drug-likeness (QED) is 0.821. The lowest BCUT2D eigenvalue weighted by atomic mass is 9.95. The van der Waals surface area contributed by atoms with Crippen LogP contribution in [0.3, 0.4) is 0 Å². The third kappa shape index (κ3) is 4.24. The lowest BCUT2D eigenvalue weighted by molar-refractivity contribution is 0.00688. The lowest BCUT2D eigenvalue weighted by Gasteiger charge is -2.28. The van der Waals surface area contributed by atoms with Crippen LogP contribution in [0, 0.1) is 0 Å². The summed E-state index contributed by atoms with van der Waals surface area (Å²) < 4.78 is 11.3. The van der Waals surface area contributed by atoms with E-state index < -0.39 is 0 Å². The van der Waals surface area contributed by atoms with E-state index in [1.54, 1.807) is 0 Å². The van der Waals surface area contributed by atoms with Crippen LogP contribution in [0.2, 0.25) is 0 Å². The number of ether oxygens (including phenoxy) is 2. The van der Waals surface area contributed by atoms with Crippen molar-refractivity contribution in [1.29, 1.82) is 0 Å². The predicted molar refractivity (Wildman–Crippen MR) is 87.3 cm³/mol. The molecule has 0 bridgehead atoms. The molecule has 1 aliphatic carbocycles. The standard InChI is InChI=1S/C18H25NO3/c20-17-5-1-2-6-18(17)22-16-9-7-15(8-10-16)19-12-14-4-3-11-21-13-14/h4,7-10,17-20H,1-3,5-6,11-13H2. The maximum Gasteiger partial charge on any atom is 0.124 e. The van der Waals surface area contributed by atoms with Gasteiger partial charge in [-0.15, -0.1) is 0 Å². The summed E-state index contributed by atoms with van der Waals surface area (Å²) in [4.78, 5) is 0. The summed E-state index contributed by atoms with van der Waals surface area (Å²) in [7, 11) is 0. The summed E-state index contributed by atoms with van der Waals surface area (Å²) in [6, 6.07) is 7.98. The highest BCUT2D eigenvalue weighted by Gasteiger charge is 2.24. The molecule has 22 heavy (non-hydrogen) atoms. The van der Waals surface area contributed by atoms with Crippen LogP contribution in [0.1, 0.15) is 32.1 Å². The number of rotatable bonds is 5. The van der Waals surface area contributed by atoms with Gasteiger partial charge in [0.05, 0.1) is 19.3 Å². The van der Waals surface area contributed by atoms with Gasteiger partial charge in [-0.1, -0.05) is 12.5 Å². The van der Waals surface area contributed by atoms with Crippen molar-refractivity contribution in [2.24, 2.45) is 0 Å². The summed E-state index contributed by atoms with van der Waals surface area (Å²) in [6.45, 7) is 2.39. The maximum atomic E-state index is 9.96. The van der Waals surface area contributed by atoms with Gasteiger partial charge >= 0.3 is 0 Å². The van der Waals surface area contributed by atoms with Crippen molar-refractivity contribution in [2.45, 2.75) is 44.3 Å². The average Bonchev–Trinajstić information content (AvgIpc) is 2.57. The van der Waals surface area contributed by atoms with E-state index >= 15 is 0 Å². The van der Waals surface area contributed by atoms with Crippen LogP contribution in [-0.2, 0) is 4.74 Å². The largest absolute Gasteiger partial charge is 0.488 e. The fraction of sp³-hybridized carbons (Fsp3) is 0.556. The first kappa shape index (κ1) is 15.4. The first-order chi connectivity index (χ1) is 10.8. The second-order valence-electron chi connectivity index (χ2n) is 6.09. The molecule has 2 unspecified atom stereocenters. The van der Waals surface area contributed by atoms with Gasteiger partial charge in [0.15, 0.2) is 0 Å². The molecule has 0 spiro atoms. The molecule has 0 saturated heterocycles. The molecular weight excluding hydrogens is 278 g/mol. The summed E-state index contributed by atoms with van der Waals surface area (Å²) in [5, 5.41) is 13.4. The summed E-state index contributed by atoms with van der Waals surface area (Å²) in [5.74, 6) is 0.830. The van der Waals surface area contributed by atoms with E-state index in [1.807, 2.05) is 24.3 Å². The van der Waals surface area contributed by atoms with E-state index in [0.29, 0.717) is 0 Å². The van der Waals surface area contributed by atoms with Crippen LogP contribution in [-0.4, -0.2) is 37.1 Å². The molecule has 2 atom stereocenters. The van der Waals surface area contributed by atoms with Gasteiger partial charge in [-0.3, -0.25) is 0 Å². The van der Waals surface area contributed by atoms with Crippen LogP contribution in [0.15, 0.2) is 35.9 Å². The second kappa shape index (κ2) is 7.65. The fourth-order valence-electron chi connectivity index (χ4n) is 2.99. The Balaban J connectivity index is 1.50. The molecule has 0 aromatic heterocycles. The minimum Gasteiger partial charge on any atom is -0.488 e. The molecular formula is C18H25NO3. The van der Waals surface area contributed by atoms with Gasteiger partial charge in [0.1, 0.15) is 11.9 Å². The molecule has 4 nitrogen and oxygen atoms in total. The first-order valence-corrected chi connectivity index (χ1v) is 8.25. The highest BCUT2D eigenvalue weighted by Crippen LogP contribution is 2.25.